The second kappa shape index (κ2) is 6.55. The summed E-state index contributed by atoms with van der Waals surface area (Å²) in [6, 6.07) is 0. The number of nitrogens with one attached hydrogen (secondary N) is 1. The highest BCUT2D eigenvalue weighted by atomic mass is 16.5. The van der Waals surface area contributed by atoms with Crippen LogP contribution in [0.25, 0.3) is 0 Å². The molecule has 2 saturated heterocycles. The molecule has 2 rings (SSSR count). The van der Waals surface area contributed by atoms with Gasteiger partial charge in [-0.25, -0.2) is 0 Å². The van der Waals surface area contributed by atoms with E-state index in [0.717, 1.165) is 26.2 Å². The summed E-state index contributed by atoms with van der Waals surface area (Å²) >= 11 is 0. The molecule has 1 N–H and O–H groups in total. The van der Waals surface area contributed by atoms with Crippen molar-refractivity contribution < 1.29 is 4.74 Å². The second-order valence-electron chi connectivity index (χ2n) is 4.93. The van der Waals surface area contributed by atoms with Crippen molar-refractivity contribution in [3.8, 4) is 0 Å². The molecule has 1 unspecified atom stereocenters. The van der Waals surface area contributed by atoms with E-state index in [4.69, 9.17) is 4.74 Å². The van der Waals surface area contributed by atoms with Gasteiger partial charge in [-0.3, -0.25) is 4.90 Å². The summed E-state index contributed by atoms with van der Waals surface area (Å²) in [4.78, 5) is 5.12. The first-order valence-corrected chi connectivity index (χ1v) is 6.61. The third kappa shape index (κ3) is 4.01. The molecule has 2 heterocycles. The van der Waals surface area contributed by atoms with Gasteiger partial charge in [0, 0.05) is 39.3 Å². The number of nitrogens with zero attached hydrogens (tertiary/aromatic N) is 2. The van der Waals surface area contributed by atoms with Crippen molar-refractivity contribution in [3.63, 3.8) is 0 Å². The van der Waals surface area contributed by atoms with E-state index in [0.29, 0.717) is 6.10 Å². The van der Waals surface area contributed by atoms with Crippen LogP contribution in [0.15, 0.2) is 0 Å². The number of hydrogen-bond donors (Lipinski definition) is 1. The minimum atomic E-state index is 0.416. The van der Waals surface area contributed by atoms with Gasteiger partial charge in [0.1, 0.15) is 0 Å². The molecule has 4 heteroatoms. The maximum Gasteiger partial charge on any atom is 0.0674 e. The Balaban J connectivity index is 1.65. The smallest absolute Gasteiger partial charge is 0.0674 e. The van der Waals surface area contributed by atoms with Crippen LogP contribution in [0.1, 0.15) is 13.3 Å². The van der Waals surface area contributed by atoms with Gasteiger partial charge in [-0.05, 0) is 26.4 Å². The largest absolute Gasteiger partial charge is 0.376 e. The molecule has 0 spiro atoms. The Kier molecular flexibility index (Phi) is 5.03. The van der Waals surface area contributed by atoms with Crippen LogP contribution in [0.3, 0.4) is 0 Å². The predicted molar refractivity (Wildman–Crippen MR) is 65.8 cm³/mol. The zero-order valence-electron chi connectivity index (χ0n) is 10.5. The number of rotatable bonds is 3. The van der Waals surface area contributed by atoms with Crippen molar-refractivity contribution >= 4 is 0 Å². The van der Waals surface area contributed by atoms with E-state index < -0.39 is 0 Å². The van der Waals surface area contributed by atoms with Crippen LogP contribution >= 0.6 is 0 Å². The van der Waals surface area contributed by atoms with E-state index in [9.17, 15) is 0 Å². The Morgan fingerprint density at radius 1 is 1.12 bits per heavy atom. The molecule has 16 heavy (non-hydrogen) atoms. The first kappa shape index (κ1) is 12.3. The van der Waals surface area contributed by atoms with Crippen LogP contribution in [-0.2, 0) is 4.74 Å². The van der Waals surface area contributed by atoms with Gasteiger partial charge in [0.2, 0.25) is 0 Å². The minimum absolute atomic E-state index is 0.416. The fourth-order valence-corrected chi connectivity index (χ4v) is 2.50. The fourth-order valence-electron chi connectivity index (χ4n) is 2.50. The maximum atomic E-state index is 5.55. The Morgan fingerprint density at radius 2 is 2.00 bits per heavy atom. The highest BCUT2D eigenvalue weighted by Gasteiger charge is 2.17. The zero-order chi connectivity index (χ0) is 11.2. The van der Waals surface area contributed by atoms with Crippen LogP contribution in [0.5, 0.6) is 0 Å². The Labute approximate surface area is 98.9 Å². The molecule has 0 radical (unpaired) electrons. The summed E-state index contributed by atoms with van der Waals surface area (Å²) in [6.07, 6.45) is 1.71. The lowest BCUT2D eigenvalue weighted by atomic mass is 10.3. The molecule has 2 aliphatic heterocycles. The van der Waals surface area contributed by atoms with Crippen molar-refractivity contribution in [1.82, 2.24) is 15.1 Å². The van der Waals surface area contributed by atoms with Crippen LogP contribution in [-0.4, -0.2) is 74.9 Å². The van der Waals surface area contributed by atoms with Crippen molar-refractivity contribution in [2.45, 2.75) is 19.4 Å². The van der Waals surface area contributed by atoms with Crippen molar-refractivity contribution in [1.29, 1.82) is 0 Å². The molecule has 2 aliphatic rings. The number of morpholine rings is 1. The Bertz CT molecular complexity index is 191. The van der Waals surface area contributed by atoms with Crippen molar-refractivity contribution in [3.05, 3.63) is 0 Å². The lowest BCUT2D eigenvalue weighted by molar-refractivity contribution is -0.0204. The fraction of sp³-hybridized carbons (Fsp3) is 1.00. The minimum Gasteiger partial charge on any atom is -0.376 e. The summed E-state index contributed by atoms with van der Waals surface area (Å²) < 4.78 is 5.55. The van der Waals surface area contributed by atoms with Gasteiger partial charge in [0.25, 0.3) is 0 Å². The van der Waals surface area contributed by atoms with Crippen molar-refractivity contribution in [2.75, 3.05) is 59.0 Å². The average Bonchev–Trinajstić information content (AvgIpc) is 2.55. The highest BCUT2D eigenvalue weighted by Crippen LogP contribution is 2.04. The molecule has 0 aliphatic carbocycles. The first-order valence-electron chi connectivity index (χ1n) is 6.61. The van der Waals surface area contributed by atoms with E-state index in [2.05, 4.69) is 22.0 Å². The first-order chi connectivity index (χ1) is 7.84. The van der Waals surface area contributed by atoms with Crippen LogP contribution in [0.2, 0.25) is 0 Å². The monoisotopic (exact) mass is 227 g/mol. The molecular weight excluding hydrogens is 202 g/mol. The predicted octanol–water partition coefficient (Wildman–Crippen LogP) is 0.00240. The molecule has 2 fully saturated rings. The normalized spacial score (nSPS) is 30.2. The molecule has 1 atom stereocenters. The van der Waals surface area contributed by atoms with E-state index in [-0.39, 0.29) is 0 Å². The Morgan fingerprint density at radius 3 is 2.88 bits per heavy atom. The van der Waals surface area contributed by atoms with Crippen molar-refractivity contribution in [2.24, 2.45) is 0 Å². The molecular formula is C12H25N3O. The van der Waals surface area contributed by atoms with Gasteiger partial charge in [-0.1, -0.05) is 0 Å². The third-order valence-electron chi connectivity index (χ3n) is 3.49. The molecule has 94 valence electrons. The summed E-state index contributed by atoms with van der Waals surface area (Å²) in [5.41, 5.74) is 0. The van der Waals surface area contributed by atoms with Gasteiger partial charge in [-0.2, -0.15) is 0 Å². The lowest BCUT2D eigenvalue weighted by Crippen LogP contribution is -2.45. The maximum absolute atomic E-state index is 5.55. The molecule has 0 saturated carbocycles. The third-order valence-corrected chi connectivity index (χ3v) is 3.49. The molecule has 0 amide bonds. The van der Waals surface area contributed by atoms with E-state index in [1.165, 1.54) is 39.1 Å². The van der Waals surface area contributed by atoms with Gasteiger partial charge < -0.3 is 15.0 Å². The van der Waals surface area contributed by atoms with Gasteiger partial charge >= 0.3 is 0 Å². The van der Waals surface area contributed by atoms with E-state index in [1.807, 2.05) is 0 Å². The van der Waals surface area contributed by atoms with E-state index >= 15 is 0 Å². The Hall–Kier alpha value is -0.160. The van der Waals surface area contributed by atoms with Crippen LogP contribution in [0.4, 0.5) is 0 Å². The second-order valence-corrected chi connectivity index (χ2v) is 4.93. The van der Waals surface area contributed by atoms with Gasteiger partial charge in [-0.15, -0.1) is 0 Å². The standard InChI is InChI=1S/C12H25N3O/c1-12-11-15(9-10-16-12)8-7-14-5-2-3-13-4-6-14/h12-13H,2-11H2,1H3. The lowest BCUT2D eigenvalue weighted by Gasteiger charge is -2.32. The quantitative estimate of drug-likeness (QED) is 0.735. The SMILES string of the molecule is CC1CN(CCN2CCCNCC2)CCO1. The summed E-state index contributed by atoms with van der Waals surface area (Å²) in [5, 5.41) is 3.45. The summed E-state index contributed by atoms with van der Waals surface area (Å²) in [7, 11) is 0. The molecule has 0 bridgehead atoms. The highest BCUT2D eigenvalue weighted by molar-refractivity contribution is 4.71. The molecule has 0 aromatic heterocycles. The van der Waals surface area contributed by atoms with Gasteiger partial charge in [0.15, 0.2) is 0 Å². The number of hydrogen-bond acceptors (Lipinski definition) is 4. The van der Waals surface area contributed by atoms with Crippen LogP contribution < -0.4 is 5.32 Å². The zero-order valence-corrected chi connectivity index (χ0v) is 10.5. The van der Waals surface area contributed by atoms with E-state index in [1.54, 1.807) is 0 Å². The molecule has 0 aromatic carbocycles. The summed E-state index contributed by atoms with van der Waals surface area (Å²) in [5.74, 6) is 0. The molecule has 0 aromatic rings. The average molecular weight is 227 g/mol. The molecule has 4 nitrogen and oxygen atoms in total. The topological polar surface area (TPSA) is 27.7 Å². The number of ether oxygens (including phenoxy) is 1. The summed E-state index contributed by atoms with van der Waals surface area (Å²) in [6.45, 7) is 12.5. The van der Waals surface area contributed by atoms with Gasteiger partial charge in [0.05, 0.1) is 12.7 Å². The van der Waals surface area contributed by atoms with Crippen LogP contribution in [0, 0.1) is 0 Å².